The zero-order valence-corrected chi connectivity index (χ0v) is 4.80. The number of nitrogens with zero attached hydrogens (tertiary/aromatic N) is 1. The Morgan fingerprint density at radius 2 is 2.50 bits per heavy atom. The van der Waals surface area contributed by atoms with Gasteiger partial charge >= 0.3 is 0 Å². The van der Waals surface area contributed by atoms with Crippen LogP contribution < -0.4 is 0 Å². The summed E-state index contributed by atoms with van der Waals surface area (Å²) in [5.74, 6) is -0.0957. The number of carbonyl (C=O) groups excluding carboxylic acids is 1. The molecule has 1 atom stereocenters. The number of ketones is 1. The Bertz CT molecular complexity index is 162. The smallest absolute Gasteiger partial charge is 0.180 e. The predicted molar refractivity (Wildman–Crippen MR) is 32.3 cm³/mol. The number of carbonyl (C=O) groups is 1. The first-order chi connectivity index (χ1) is 3.80. The topological polar surface area (TPSA) is 29.4 Å². The number of halogens is 1. The Morgan fingerprint density at radius 3 is 2.88 bits per heavy atom. The van der Waals surface area contributed by atoms with Gasteiger partial charge in [0, 0.05) is 18.5 Å². The fourth-order valence-electron chi connectivity index (χ4n) is 0.407. The highest BCUT2D eigenvalue weighted by Crippen LogP contribution is 1.99. The Labute approximate surface area is 51.9 Å². The van der Waals surface area contributed by atoms with E-state index in [0.717, 1.165) is 0 Å². The first-order valence-corrected chi connectivity index (χ1v) is 2.62. The van der Waals surface area contributed by atoms with Crippen LogP contribution in [0.1, 0.15) is 0 Å². The number of rotatable bonds is 0. The van der Waals surface area contributed by atoms with Gasteiger partial charge in [-0.25, -0.2) is 0 Å². The number of aliphatic imine (C=N–C) groups is 1. The number of hydrogen-bond acceptors (Lipinski definition) is 2. The van der Waals surface area contributed by atoms with Crippen LogP contribution in [-0.2, 0) is 4.79 Å². The van der Waals surface area contributed by atoms with Gasteiger partial charge in [-0.15, -0.1) is 11.6 Å². The van der Waals surface area contributed by atoms with Crippen LogP contribution in [0.15, 0.2) is 17.3 Å². The van der Waals surface area contributed by atoms with Gasteiger partial charge in [-0.05, 0) is 0 Å². The molecule has 0 aromatic rings. The lowest BCUT2D eigenvalue weighted by Gasteiger charge is -1.98. The molecule has 1 aliphatic heterocycles. The van der Waals surface area contributed by atoms with Crippen molar-refractivity contribution in [2.75, 3.05) is 0 Å². The van der Waals surface area contributed by atoms with Crippen molar-refractivity contribution in [3.8, 4) is 0 Å². The normalized spacial score (nSPS) is 26.6. The zero-order chi connectivity index (χ0) is 5.98. The summed E-state index contributed by atoms with van der Waals surface area (Å²) in [5.41, 5.74) is 0. The standard InChI is InChI=1S/C5H4ClNO/c6-4-3-7-2-1-5(4)8/h1-4H. The number of hydrogen-bond donors (Lipinski definition) is 0. The van der Waals surface area contributed by atoms with E-state index >= 15 is 0 Å². The minimum atomic E-state index is -0.542. The van der Waals surface area contributed by atoms with Crippen molar-refractivity contribution in [2.45, 2.75) is 5.38 Å². The third kappa shape index (κ3) is 0.954. The summed E-state index contributed by atoms with van der Waals surface area (Å²) < 4.78 is 0. The summed E-state index contributed by atoms with van der Waals surface area (Å²) in [4.78, 5) is 14.1. The molecule has 42 valence electrons. The molecule has 0 aromatic heterocycles. The minimum Gasteiger partial charge on any atom is -0.293 e. The van der Waals surface area contributed by atoms with Gasteiger partial charge in [0.05, 0.1) is 0 Å². The van der Waals surface area contributed by atoms with Gasteiger partial charge in [-0.3, -0.25) is 9.79 Å². The van der Waals surface area contributed by atoms with Gasteiger partial charge < -0.3 is 0 Å². The van der Waals surface area contributed by atoms with Crippen LogP contribution in [0.2, 0.25) is 0 Å². The lowest BCUT2D eigenvalue weighted by Crippen LogP contribution is -2.14. The zero-order valence-electron chi connectivity index (χ0n) is 4.04. The predicted octanol–water partition coefficient (Wildman–Crippen LogP) is 0.761. The first kappa shape index (κ1) is 5.51. The fourth-order valence-corrected chi connectivity index (χ4v) is 0.545. The number of alkyl halides is 1. The monoisotopic (exact) mass is 129 g/mol. The van der Waals surface area contributed by atoms with Crippen LogP contribution in [0.3, 0.4) is 0 Å². The molecule has 0 bridgehead atoms. The van der Waals surface area contributed by atoms with Gasteiger partial charge in [0.25, 0.3) is 0 Å². The van der Waals surface area contributed by atoms with E-state index in [1.54, 1.807) is 0 Å². The second-order valence-electron chi connectivity index (χ2n) is 1.42. The van der Waals surface area contributed by atoms with Crippen molar-refractivity contribution in [1.82, 2.24) is 0 Å². The summed E-state index contributed by atoms with van der Waals surface area (Å²) >= 11 is 5.42. The summed E-state index contributed by atoms with van der Waals surface area (Å²) in [5, 5.41) is -0.542. The molecule has 2 nitrogen and oxygen atoms in total. The van der Waals surface area contributed by atoms with Crippen LogP contribution >= 0.6 is 11.6 Å². The Hall–Kier alpha value is -0.630. The second kappa shape index (κ2) is 2.09. The third-order valence-electron chi connectivity index (χ3n) is 0.814. The lowest BCUT2D eigenvalue weighted by molar-refractivity contribution is -0.113. The highest BCUT2D eigenvalue weighted by Gasteiger charge is 2.10. The molecule has 0 fully saturated rings. The molecule has 0 N–H and O–H groups in total. The first-order valence-electron chi connectivity index (χ1n) is 2.18. The lowest BCUT2D eigenvalue weighted by atomic mass is 10.2. The van der Waals surface area contributed by atoms with E-state index in [4.69, 9.17) is 11.6 Å². The maximum absolute atomic E-state index is 10.5. The van der Waals surface area contributed by atoms with Crippen molar-refractivity contribution in [3.05, 3.63) is 12.3 Å². The Kier molecular flexibility index (Phi) is 1.44. The fraction of sp³-hybridized carbons (Fsp3) is 0.200. The van der Waals surface area contributed by atoms with E-state index < -0.39 is 5.38 Å². The van der Waals surface area contributed by atoms with Crippen LogP contribution in [-0.4, -0.2) is 17.4 Å². The second-order valence-corrected chi connectivity index (χ2v) is 1.89. The van der Waals surface area contributed by atoms with Crippen molar-refractivity contribution < 1.29 is 4.79 Å². The average Bonchev–Trinajstić information content (AvgIpc) is 1.77. The van der Waals surface area contributed by atoms with Gasteiger partial charge in [0.1, 0.15) is 5.38 Å². The molecule has 0 aliphatic carbocycles. The van der Waals surface area contributed by atoms with E-state index in [1.807, 2.05) is 0 Å². The summed E-state index contributed by atoms with van der Waals surface area (Å²) in [6.45, 7) is 0. The number of allylic oxidation sites excluding steroid dienone is 1. The molecule has 0 amide bonds. The van der Waals surface area contributed by atoms with Crippen LogP contribution in [0.25, 0.3) is 0 Å². The molecule has 0 saturated carbocycles. The van der Waals surface area contributed by atoms with E-state index in [0.29, 0.717) is 0 Å². The molecular formula is C5H4ClNO. The SMILES string of the molecule is O=C1C=CN=CC1Cl. The molecule has 0 spiro atoms. The third-order valence-corrected chi connectivity index (χ3v) is 1.14. The van der Waals surface area contributed by atoms with Crippen molar-refractivity contribution >= 4 is 23.6 Å². The quantitative estimate of drug-likeness (QED) is 0.444. The molecule has 0 saturated heterocycles. The molecule has 8 heavy (non-hydrogen) atoms. The van der Waals surface area contributed by atoms with Gasteiger partial charge in [0.2, 0.25) is 0 Å². The van der Waals surface area contributed by atoms with E-state index in [1.165, 1.54) is 18.5 Å². The molecule has 1 rings (SSSR count). The largest absolute Gasteiger partial charge is 0.293 e. The summed E-state index contributed by atoms with van der Waals surface area (Å²) in [7, 11) is 0. The molecule has 1 heterocycles. The highest BCUT2D eigenvalue weighted by atomic mass is 35.5. The summed E-state index contributed by atoms with van der Waals surface area (Å²) in [6.07, 6.45) is 4.20. The summed E-state index contributed by atoms with van der Waals surface area (Å²) in [6, 6.07) is 0. The van der Waals surface area contributed by atoms with Gasteiger partial charge in [0.15, 0.2) is 5.78 Å². The van der Waals surface area contributed by atoms with Crippen molar-refractivity contribution in [2.24, 2.45) is 4.99 Å². The van der Waals surface area contributed by atoms with E-state index in [2.05, 4.69) is 4.99 Å². The highest BCUT2D eigenvalue weighted by molar-refractivity contribution is 6.41. The Morgan fingerprint density at radius 1 is 1.75 bits per heavy atom. The van der Waals surface area contributed by atoms with E-state index in [-0.39, 0.29) is 5.78 Å². The minimum absolute atomic E-state index is 0.0957. The van der Waals surface area contributed by atoms with Crippen molar-refractivity contribution in [3.63, 3.8) is 0 Å². The molecule has 0 radical (unpaired) electrons. The van der Waals surface area contributed by atoms with E-state index in [9.17, 15) is 4.79 Å². The Balaban J connectivity index is 2.74. The van der Waals surface area contributed by atoms with Gasteiger partial charge in [-0.1, -0.05) is 0 Å². The molecule has 0 aromatic carbocycles. The van der Waals surface area contributed by atoms with Crippen LogP contribution in [0.5, 0.6) is 0 Å². The maximum atomic E-state index is 10.5. The van der Waals surface area contributed by atoms with Crippen LogP contribution in [0.4, 0.5) is 0 Å². The molecule has 1 aliphatic rings. The van der Waals surface area contributed by atoms with Crippen molar-refractivity contribution in [1.29, 1.82) is 0 Å². The van der Waals surface area contributed by atoms with Crippen LogP contribution in [0, 0.1) is 0 Å². The maximum Gasteiger partial charge on any atom is 0.180 e. The molecular weight excluding hydrogens is 126 g/mol. The molecule has 3 heteroatoms. The molecule has 1 unspecified atom stereocenters. The average molecular weight is 130 g/mol. The van der Waals surface area contributed by atoms with Gasteiger partial charge in [-0.2, -0.15) is 0 Å².